The average molecular weight is 261 g/mol. The molecule has 2 aromatic rings. The minimum absolute atomic E-state index is 0.0453. The number of nitro groups is 1. The lowest BCUT2D eigenvalue weighted by Crippen LogP contribution is -1.97. The fourth-order valence-corrected chi connectivity index (χ4v) is 2.05. The minimum atomic E-state index is -0.430. The van der Waals surface area contributed by atoms with E-state index in [2.05, 4.69) is 10.5 Å². The van der Waals surface area contributed by atoms with Crippen LogP contribution in [-0.2, 0) is 0 Å². The maximum atomic E-state index is 10.6. The van der Waals surface area contributed by atoms with E-state index in [9.17, 15) is 10.1 Å². The van der Waals surface area contributed by atoms with Crippen LogP contribution in [0.1, 0.15) is 11.8 Å². The molecular formula is C12H11N3O2S. The van der Waals surface area contributed by atoms with E-state index in [-0.39, 0.29) is 5.69 Å². The fourth-order valence-electron chi connectivity index (χ4n) is 1.38. The Balaban J connectivity index is 2.13. The smallest absolute Gasteiger partial charge is 0.271 e. The summed E-state index contributed by atoms with van der Waals surface area (Å²) in [5, 5.41) is 16.8. The van der Waals surface area contributed by atoms with E-state index >= 15 is 0 Å². The Morgan fingerprint density at radius 2 is 2.22 bits per heavy atom. The number of hydrazone groups is 1. The van der Waals surface area contributed by atoms with Gasteiger partial charge in [0.25, 0.3) is 5.69 Å². The largest absolute Gasteiger partial charge is 0.278 e. The first-order valence-electron chi connectivity index (χ1n) is 5.25. The molecule has 0 aliphatic carbocycles. The molecule has 0 radical (unpaired) electrons. The van der Waals surface area contributed by atoms with Crippen LogP contribution in [0.2, 0.25) is 0 Å². The van der Waals surface area contributed by atoms with Gasteiger partial charge in [-0.2, -0.15) is 5.10 Å². The van der Waals surface area contributed by atoms with Gasteiger partial charge in [0.1, 0.15) is 0 Å². The van der Waals surface area contributed by atoms with Crippen molar-refractivity contribution in [3.63, 3.8) is 0 Å². The number of rotatable bonds is 4. The number of anilines is 1. The monoisotopic (exact) mass is 261 g/mol. The van der Waals surface area contributed by atoms with Gasteiger partial charge in [0.15, 0.2) is 0 Å². The van der Waals surface area contributed by atoms with Crippen LogP contribution in [-0.4, -0.2) is 10.6 Å². The van der Waals surface area contributed by atoms with Crippen LogP contribution in [0.25, 0.3) is 0 Å². The molecular weight excluding hydrogens is 250 g/mol. The summed E-state index contributed by atoms with van der Waals surface area (Å²) in [5.74, 6) is 0. The first-order valence-corrected chi connectivity index (χ1v) is 6.13. The average Bonchev–Trinajstić information content (AvgIpc) is 2.90. The lowest BCUT2D eigenvalue weighted by Gasteiger charge is -2.01. The molecule has 0 saturated carbocycles. The van der Waals surface area contributed by atoms with Gasteiger partial charge in [0, 0.05) is 17.0 Å². The zero-order chi connectivity index (χ0) is 13.0. The first kappa shape index (κ1) is 12.3. The van der Waals surface area contributed by atoms with Crippen LogP contribution in [0.5, 0.6) is 0 Å². The van der Waals surface area contributed by atoms with Crippen molar-refractivity contribution in [2.45, 2.75) is 6.92 Å². The summed E-state index contributed by atoms with van der Waals surface area (Å²) in [4.78, 5) is 11.3. The van der Waals surface area contributed by atoms with Gasteiger partial charge in [-0.05, 0) is 24.4 Å². The molecule has 2 rings (SSSR count). The third-order valence-electron chi connectivity index (χ3n) is 2.29. The molecule has 18 heavy (non-hydrogen) atoms. The Hall–Kier alpha value is -2.21. The molecule has 1 N–H and O–H groups in total. The highest BCUT2D eigenvalue weighted by molar-refractivity contribution is 7.12. The molecule has 0 aliphatic rings. The number of non-ortho nitro benzene ring substituents is 1. The summed E-state index contributed by atoms with van der Waals surface area (Å²) in [5.41, 5.74) is 4.30. The highest BCUT2D eigenvalue weighted by atomic mass is 32.1. The fraction of sp³-hybridized carbons (Fsp3) is 0.0833. The number of thiophene rings is 1. The van der Waals surface area contributed by atoms with Gasteiger partial charge in [-0.1, -0.05) is 12.1 Å². The zero-order valence-corrected chi connectivity index (χ0v) is 10.5. The second-order valence-electron chi connectivity index (χ2n) is 3.59. The van der Waals surface area contributed by atoms with E-state index in [1.165, 1.54) is 12.1 Å². The lowest BCUT2D eigenvalue weighted by atomic mass is 10.3. The highest BCUT2D eigenvalue weighted by Gasteiger charge is 2.05. The molecule has 1 aromatic carbocycles. The van der Waals surface area contributed by atoms with E-state index in [0.717, 1.165) is 10.6 Å². The molecule has 0 saturated heterocycles. The Morgan fingerprint density at radius 1 is 1.39 bits per heavy atom. The number of nitrogens with one attached hydrogen (secondary N) is 1. The van der Waals surface area contributed by atoms with Gasteiger partial charge >= 0.3 is 0 Å². The van der Waals surface area contributed by atoms with Crippen molar-refractivity contribution in [3.8, 4) is 0 Å². The van der Waals surface area contributed by atoms with Crippen LogP contribution in [0.4, 0.5) is 11.4 Å². The molecule has 6 heteroatoms. The van der Waals surface area contributed by atoms with Gasteiger partial charge in [-0.25, -0.2) is 0 Å². The van der Waals surface area contributed by atoms with E-state index in [1.54, 1.807) is 23.5 Å². The first-order chi connectivity index (χ1) is 8.66. The Labute approximate surface area is 108 Å². The number of benzene rings is 1. The van der Waals surface area contributed by atoms with Crippen molar-refractivity contribution in [2.24, 2.45) is 5.10 Å². The maximum absolute atomic E-state index is 10.6. The highest BCUT2D eigenvalue weighted by Crippen LogP contribution is 2.17. The molecule has 0 spiro atoms. The maximum Gasteiger partial charge on any atom is 0.271 e. The van der Waals surface area contributed by atoms with Crippen molar-refractivity contribution < 1.29 is 4.92 Å². The molecule has 0 aliphatic heterocycles. The van der Waals surface area contributed by atoms with Crippen LogP contribution in [0, 0.1) is 10.1 Å². The minimum Gasteiger partial charge on any atom is -0.278 e. The summed E-state index contributed by atoms with van der Waals surface area (Å²) in [7, 11) is 0. The third kappa shape index (κ3) is 2.92. The number of hydrogen-bond acceptors (Lipinski definition) is 5. The van der Waals surface area contributed by atoms with Gasteiger partial charge < -0.3 is 0 Å². The van der Waals surface area contributed by atoms with E-state index in [1.807, 2.05) is 24.4 Å². The predicted octanol–water partition coefficient (Wildman–Crippen LogP) is 3.49. The molecule has 92 valence electrons. The summed E-state index contributed by atoms with van der Waals surface area (Å²) in [6.45, 7) is 1.89. The van der Waals surface area contributed by atoms with Crippen LogP contribution >= 0.6 is 11.3 Å². The predicted molar refractivity (Wildman–Crippen MR) is 73.2 cm³/mol. The van der Waals surface area contributed by atoms with Crippen molar-refractivity contribution in [1.82, 2.24) is 0 Å². The molecule has 0 amide bonds. The molecule has 0 bridgehead atoms. The van der Waals surface area contributed by atoms with Crippen molar-refractivity contribution >= 4 is 28.4 Å². The van der Waals surface area contributed by atoms with E-state index < -0.39 is 4.92 Å². The SMILES string of the molecule is C/C(=N\Nc1cccc([N+](=O)[O-])c1)c1cccs1. The van der Waals surface area contributed by atoms with Crippen LogP contribution < -0.4 is 5.43 Å². The molecule has 5 nitrogen and oxygen atoms in total. The van der Waals surface area contributed by atoms with Crippen LogP contribution in [0.15, 0.2) is 46.9 Å². The quantitative estimate of drug-likeness (QED) is 0.520. The Morgan fingerprint density at radius 3 is 2.89 bits per heavy atom. The second-order valence-corrected chi connectivity index (χ2v) is 4.54. The molecule has 0 fully saturated rings. The van der Waals surface area contributed by atoms with E-state index in [4.69, 9.17) is 0 Å². The molecule has 0 unspecified atom stereocenters. The summed E-state index contributed by atoms with van der Waals surface area (Å²) in [6.07, 6.45) is 0. The molecule has 0 atom stereocenters. The number of hydrogen-bond donors (Lipinski definition) is 1. The molecule has 1 aromatic heterocycles. The summed E-state index contributed by atoms with van der Waals surface area (Å²) >= 11 is 1.60. The summed E-state index contributed by atoms with van der Waals surface area (Å²) in [6, 6.07) is 10.2. The summed E-state index contributed by atoms with van der Waals surface area (Å²) < 4.78 is 0. The van der Waals surface area contributed by atoms with Crippen molar-refractivity contribution in [1.29, 1.82) is 0 Å². The number of nitro benzene ring substituents is 1. The zero-order valence-electron chi connectivity index (χ0n) is 9.66. The third-order valence-corrected chi connectivity index (χ3v) is 3.27. The lowest BCUT2D eigenvalue weighted by molar-refractivity contribution is -0.384. The van der Waals surface area contributed by atoms with Crippen LogP contribution in [0.3, 0.4) is 0 Å². The van der Waals surface area contributed by atoms with Crippen molar-refractivity contribution in [3.05, 3.63) is 56.8 Å². The van der Waals surface area contributed by atoms with Gasteiger partial charge in [-0.3, -0.25) is 15.5 Å². The Bertz CT molecular complexity index is 579. The van der Waals surface area contributed by atoms with E-state index in [0.29, 0.717) is 5.69 Å². The normalized spacial score (nSPS) is 11.3. The molecule has 1 heterocycles. The van der Waals surface area contributed by atoms with Gasteiger partial charge in [-0.15, -0.1) is 11.3 Å². The van der Waals surface area contributed by atoms with Gasteiger partial charge in [0.2, 0.25) is 0 Å². The van der Waals surface area contributed by atoms with Gasteiger partial charge in [0.05, 0.1) is 16.3 Å². The standard InChI is InChI=1S/C12H11N3O2S/c1-9(12-6-3-7-18-12)13-14-10-4-2-5-11(8-10)15(16)17/h2-8,14H,1H3/b13-9+. The van der Waals surface area contributed by atoms with Crippen molar-refractivity contribution in [2.75, 3.05) is 5.43 Å². The Kier molecular flexibility index (Phi) is 3.69. The number of nitrogens with zero attached hydrogens (tertiary/aromatic N) is 2. The second kappa shape index (κ2) is 5.42. The topological polar surface area (TPSA) is 67.5 Å².